The van der Waals surface area contributed by atoms with E-state index in [0.29, 0.717) is 53.9 Å². The number of alkyl halides is 3. The molecular weight excluding hydrogens is 483 g/mol. The van der Waals surface area contributed by atoms with Crippen molar-refractivity contribution in [3.05, 3.63) is 54.2 Å². The summed E-state index contributed by atoms with van der Waals surface area (Å²) in [5.74, 6) is -0.0665. The molecule has 1 spiro atoms. The number of nitrogens with one attached hydrogen (secondary N) is 1. The number of likely N-dealkylation sites (tertiary alicyclic amines) is 1. The van der Waals surface area contributed by atoms with E-state index in [1.54, 1.807) is 17.2 Å². The van der Waals surface area contributed by atoms with Gasteiger partial charge in [-0.25, -0.2) is 0 Å². The number of H-pyrrole nitrogens is 1. The zero-order valence-corrected chi connectivity index (χ0v) is 20.4. The molecule has 2 aliphatic heterocycles. The van der Waals surface area contributed by atoms with Gasteiger partial charge in [0.2, 0.25) is 5.91 Å². The second-order valence-electron chi connectivity index (χ2n) is 9.82. The van der Waals surface area contributed by atoms with Crippen LogP contribution >= 0.6 is 0 Å². The first-order chi connectivity index (χ1) is 17.6. The molecule has 1 aromatic heterocycles. The highest BCUT2D eigenvalue weighted by Crippen LogP contribution is 2.46. The van der Waals surface area contributed by atoms with Crippen LogP contribution in [-0.4, -0.2) is 60.0 Å². The molecule has 3 aromatic rings. The van der Waals surface area contributed by atoms with Crippen molar-refractivity contribution in [3.63, 3.8) is 0 Å². The van der Waals surface area contributed by atoms with Crippen LogP contribution in [0.3, 0.4) is 0 Å². The molecule has 5 rings (SSSR count). The SMILES string of the molecule is C=CC(=O)N1CC2(CCN(c3ccc(OCC(F)(F)F)c(-c4c(C)ccc5[nH]ncc45)c3C#N)CC2)C1. The van der Waals surface area contributed by atoms with Crippen molar-refractivity contribution in [2.24, 2.45) is 5.41 Å². The Kier molecular flexibility index (Phi) is 6.10. The maximum Gasteiger partial charge on any atom is 0.422 e. The van der Waals surface area contributed by atoms with Crippen molar-refractivity contribution in [1.29, 1.82) is 5.26 Å². The highest BCUT2D eigenvalue weighted by molar-refractivity contribution is 6.00. The van der Waals surface area contributed by atoms with Crippen molar-refractivity contribution >= 4 is 22.5 Å². The van der Waals surface area contributed by atoms with E-state index >= 15 is 0 Å². The van der Waals surface area contributed by atoms with E-state index in [2.05, 4.69) is 27.7 Å². The van der Waals surface area contributed by atoms with E-state index in [1.807, 2.05) is 19.1 Å². The van der Waals surface area contributed by atoms with Crippen molar-refractivity contribution in [2.75, 3.05) is 37.7 Å². The first kappa shape index (κ1) is 24.7. The van der Waals surface area contributed by atoms with Gasteiger partial charge in [0.1, 0.15) is 11.8 Å². The minimum atomic E-state index is -4.52. The topological polar surface area (TPSA) is 85.2 Å². The zero-order valence-electron chi connectivity index (χ0n) is 20.4. The average molecular weight is 510 g/mol. The Bertz CT molecular complexity index is 1410. The van der Waals surface area contributed by atoms with E-state index in [4.69, 9.17) is 4.74 Å². The Morgan fingerprint density at radius 1 is 1.24 bits per heavy atom. The Balaban J connectivity index is 1.53. The third kappa shape index (κ3) is 4.50. The van der Waals surface area contributed by atoms with Crippen LogP contribution in [0.4, 0.5) is 18.9 Å². The van der Waals surface area contributed by atoms with Crippen LogP contribution in [-0.2, 0) is 4.79 Å². The number of carbonyl (C=O) groups is 1. The third-order valence-electron chi connectivity index (χ3n) is 7.43. The van der Waals surface area contributed by atoms with Gasteiger partial charge in [-0.05, 0) is 49.6 Å². The van der Waals surface area contributed by atoms with Crippen LogP contribution in [0, 0.1) is 23.7 Å². The average Bonchev–Trinajstić information content (AvgIpc) is 3.33. The second-order valence-corrected chi connectivity index (χ2v) is 9.82. The molecule has 1 amide bonds. The lowest BCUT2D eigenvalue weighted by Crippen LogP contribution is -2.61. The molecule has 2 aromatic carbocycles. The maximum atomic E-state index is 13.1. The molecule has 192 valence electrons. The number of amides is 1. The van der Waals surface area contributed by atoms with E-state index in [1.165, 1.54) is 12.1 Å². The molecule has 2 fully saturated rings. The number of piperidine rings is 1. The molecule has 10 heteroatoms. The molecule has 0 unspecified atom stereocenters. The summed E-state index contributed by atoms with van der Waals surface area (Å²) in [5.41, 5.74) is 3.43. The molecule has 3 heterocycles. The van der Waals surface area contributed by atoms with Gasteiger partial charge in [-0.3, -0.25) is 9.89 Å². The van der Waals surface area contributed by atoms with Gasteiger partial charge in [-0.15, -0.1) is 0 Å². The summed E-state index contributed by atoms with van der Waals surface area (Å²) in [7, 11) is 0. The van der Waals surface area contributed by atoms with Crippen LogP contribution in [0.5, 0.6) is 5.75 Å². The fourth-order valence-electron chi connectivity index (χ4n) is 5.52. The summed E-state index contributed by atoms with van der Waals surface area (Å²) in [6, 6.07) is 9.14. The van der Waals surface area contributed by atoms with Gasteiger partial charge in [0, 0.05) is 48.1 Å². The lowest BCUT2D eigenvalue weighted by Gasteiger charge is -2.54. The molecule has 0 atom stereocenters. The largest absolute Gasteiger partial charge is 0.483 e. The molecule has 0 aliphatic carbocycles. The number of carbonyl (C=O) groups excluding carboxylic acids is 1. The molecule has 7 nitrogen and oxygen atoms in total. The molecule has 2 saturated heterocycles. The number of rotatable bonds is 5. The van der Waals surface area contributed by atoms with Gasteiger partial charge in [-0.2, -0.15) is 23.5 Å². The number of aromatic amines is 1. The summed E-state index contributed by atoms with van der Waals surface area (Å²) in [5, 5.41) is 18.0. The van der Waals surface area contributed by atoms with Crippen molar-refractivity contribution < 1.29 is 22.7 Å². The zero-order chi connectivity index (χ0) is 26.4. The first-order valence-corrected chi connectivity index (χ1v) is 12.0. The van der Waals surface area contributed by atoms with Gasteiger partial charge >= 0.3 is 6.18 Å². The number of halogens is 3. The van der Waals surface area contributed by atoms with E-state index < -0.39 is 12.8 Å². The standard InChI is InChI=1S/C27H26F3N5O2/c1-3-23(36)35-14-26(15-35)8-10-34(11-9-26)21-6-7-22(37-16-27(28,29)30)25(18(21)12-31)24-17(2)4-5-20-19(24)13-32-33-20/h3-7,13H,1,8-11,14-16H2,2H3,(H,32,33). The van der Waals surface area contributed by atoms with Gasteiger partial charge in [0.05, 0.1) is 23.0 Å². The molecule has 0 bridgehead atoms. The number of benzene rings is 2. The summed E-state index contributed by atoms with van der Waals surface area (Å²) in [6.07, 6.45) is 0.0993. The smallest absolute Gasteiger partial charge is 0.422 e. The molecule has 1 N–H and O–H groups in total. The Morgan fingerprint density at radius 2 is 1.97 bits per heavy atom. The Hall–Kier alpha value is -4.00. The molecule has 0 saturated carbocycles. The van der Waals surface area contributed by atoms with Crippen LogP contribution in [0.1, 0.15) is 24.0 Å². The number of hydrogen-bond donors (Lipinski definition) is 1. The number of nitriles is 1. The summed E-state index contributed by atoms with van der Waals surface area (Å²) in [6.45, 7) is 6.65. The third-order valence-corrected chi connectivity index (χ3v) is 7.43. The summed E-state index contributed by atoms with van der Waals surface area (Å²) < 4.78 is 44.5. The van der Waals surface area contributed by atoms with E-state index in [0.717, 1.165) is 18.4 Å². The highest BCUT2D eigenvalue weighted by atomic mass is 19.4. The van der Waals surface area contributed by atoms with Gasteiger partial charge in [0.15, 0.2) is 6.61 Å². The molecular formula is C27H26F3N5O2. The minimum absolute atomic E-state index is 0.000442. The van der Waals surface area contributed by atoms with Crippen LogP contribution < -0.4 is 9.64 Å². The number of hydrogen-bond acceptors (Lipinski definition) is 5. The lowest BCUT2D eigenvalue weighted by molar-refractivity contribution is -0.153. The monoisotopic (exact) mass is 509 g/mol. The van der Waals surface area contributed by atoms with Gasteiger partial charge in [-0.1, -0.05) is 12.6 Å². The van der Waals surface area contributed by atoms with E-state index in [9.17, 15) is 23.2 Å². The second kappa shape index (κ2) is 9.14. The number of ether oxygens (including phenoxy) is 1. The van der Waals surface area contributed by atoms with Crippen molar-refractivity contribution in [2.45, 2.75) is 25.9 Å². The molecule has 2 aliphatic rings. The number of aromatic nitrogens is 2. The summed E-state index contributed by atoms with van der Waals surface area (Å²) in [4.78, 5) is 15.8. The predicted octanol–water partition coefficient (Wildman–Crippen LogP) is 4.97. The van der Waals surface area contributed by atoms with Crippen molar-refractivity contribution in [3.8, 4) is 22.9 Å². The van der Waals surface area contributed by atoms with Crippen molar-refractivity contribution in [1.82, 2.24) is 15.1 Å². The highest BCUT2D eigenvalue weighted by Gasteiger charge is 2.46. The quantitative estimate of drug-likeness (QED) is 0.491. The number of fused-ring (bicyclic) bond motifs is 1. The predicted molar refractivity (Wildman–Crippen MR) is 133 cm³/mol. The van der Waals surface area contributed by atoms with Crippen LogP contribution in [0.2, 0.25) is 0 Å². The fourth-order valence-corrected chi connectivity index (χ4v) is 5.52. The Morgan fingerprint density at radius 3 is 2.62 bits per heavy atom. The van der Waals surface area contributed by atoms with E-state index in [-0.39, 0.29) is 22.6 Å². The number of anilines is 1. The van der Waals surface area contributed by atoms with Crippen LogP contribution in [0.15, 0.2) is 43.1 Å². The number of nitrogens with zero attached hydrogens (tertiary/aromatic N) is 4. The fraction of sp³-hybridized carbons (Fsp3) is 0.370. The number of aryl methyl sites for hydroxylation is 1. The summed E-state index contributed by atoms with van der Waals surface area (Å²) >= 11 is 0. The van der Waals surface area contributed by atoms with Gasteiger partial charge < -0.3 is 14.5 Å². The normalized spacial score (nSPS) is 16.9. The Labute approximate surface area is 212 Å². The van der Waals surface area contributed by atoms with Crippen LogP contribution in [0.25, 0.3) is 22.0 Å². The van der Waals surface area contributed by atoms with Gasteiger partial charge in [0.25, 0.3) is 0 Å². The first-order valence-electron chi connectivity index (χ1n) is 12.0. The maximum absolute atomic E-state index is 13.1. The lowest BCUT2D eigenvalue weighted by atomic mass is 9.71. The minimum Gasteiger partial charge on any atom is -0.483 e. The molecule has 0 radical (unpaired) electrons. The molecule has 37 heavy (non-hydrogen) atoms.